The van der Waals surface area contributed by atoms with E-state index in [-0.39, 0.29) is 0 Å². The largest absolute Gasteiger partial charge is 0.311 e. The molecular weight excluding hydrogens is 603 g/mol. The molecule has 0 atom stereocenters. The van der Waals surface area contributed by atoms with Gasteiger partial charge in [-0.1, -0.05) is 91.0 Å². The van der Waals surface area contributed by atoms with Crippen LogP contribution in [0.25, 0.3) is 64.6 Å². The Hall–Kier alpha value is -6.10. The van der Waals surface area contributed by atoms with Gasteiger partial charge >= 0.3 is 0 Å². The fourth-order valence-corrected chi connectivity index (χ4v) is 7.48. The third-order valence-electron chi connectivity index (χ3n) is 8.93. The van der Waals surface area contributed by atoms with E-state index in [9.17, 15) is 0 Å². The average Bonchev–Trinajstić information content (AvgIpc) is 3.60. The zero-order valence-corrected chi connectivity index (χ0v) is 26.8. The van der Waals surface area contributed by atoms with Crippen LogP contribution in [0.15, 0.2) is 176 Å². The maximum atomic E-state index is 4.69. The summed E-state index contributed by atoms with van der Waals surface area (Å²) in [6, 6.07) is 58.2. The van der Waals surface area contributed by atoms with Crippen LogP contribution in [0.4, 0.5) is 17.1 Å². The van der Waals surface area contributed by atoms with Crippen molar-refractivity contribution >= 4 is 60.3 Å². The number of pyridine rings is 2. The molecule has 0 unspecified atom stereocenters. The van der Waals surface area contributed by atoms with Gasteiger partial charge < -0.3 is 4.90 Å². The number of fused-ring (bicyclic) bond motifs is 3. The first-order valence-corrected chi connectivity index (χ1v) is 16.9. The fraction of sp³-hybridized carbons (Fsp3) is 0. The number of aromatic nitrogens is 2. The van der Waals surface area contributed by atoms with Crippen LogP contribution in [0.1, 0.15) is 0 Å². The van der Waals surface area contributed by atoms with Crippen LogP contribution < -0.4 is 4.90 Å². The first kappa shape index (κ1) is 28.1. The lowest BCUT2D eigenvalue weighted by Gasteiger charge is -2.26. The molecular formula is C44H29N3S. The van der Waals surface area contributed by atoms with Crippen molar-refractivity contribution in [3.63, 3.8) is 0 Å². The molecule has 0 amide bonds. The van der Waals surface area contributed by atoms with Gasteiger partial charge in [-0.05, 0) is 94.9 Å². The number of anilines is 3. The molecule has 0 spiro atoms. The van der Waals surface area contributed by atoms with Crippen LogP contribution in [0.2, 0.25) is 0 Å². The molecule has 0 saturated carbocycles. The van der Waals surface area contributed by atoms with Gasteiger partial charge in [0.25, 0.3) is 0 Å². The van der Waals surface area contributed by atoms with Crippen molar-refractivity contribution in [2.24, 2.45) is 0 Å². The van der Waals surface area contributed by atoms with Crippen molar-refractivity contribution in [2.45, 2.75) is 0 Å². The van der Waals surface area contributed by atoms with E-state index in [1.54, 1.807) is 0 Å². The maximum Gasteiger partial charge on any atom is 0.0702 e. The van der Waals surface area contributed by atoms with Gasteiger partial charge in [0.1, 0.15) is 0 Å². The van der Waals surface area contributed by atoms with E-state index in [4.69, 9.17) is 9.97 Å². The third-order valence-corrected chi connectivity index (χ3v) is 10.1. The fourth-order valence-electron chi connectivity index (χ4n) is 6.41. The smallest absolute Gasteiger partial charge is 0.0702 e. The van der Waals surface area contributed by atoms with E-state index in [0.717, 1.165) is 61.1 Å². The summed E-state index contributed by atoms with van der Waals surface area (Å²) >= 11 is 1.83. The van der Waals surface area contributed by atoms with Crippen molar-refractivity contribution in [3.8, 4) is 32.7 Å². The summed E-state index contributed by atoms with van der Waals surface area (Å²) in [5.41, 5.74) is 11.0. The zero-order valence-electron chi connectivity index (χ0n) is 26.0. The minimum Gasteiger partial charge on any atom is -0.311 e. The molecule has 0 aliphatic heterocycles. The highest BCUT2D eigenvalue weighted by atomic mass is 32.1. The summed E-state index contributed by atoms with van der Waals surface area (Å²) in [6.45, 7) is 0. The van der Waals surface area contributed by atoms with E-state index in [2.05, 4.69) is 144 Å². The molecule has 3 aromatic heterocycles. The summed E-state index contributed by atoms with van der Waals surface area (Å²) in [5.74, 6) is 0. The Morgan fingerprint density at radius 1 is 0.375 bits per heavy atom. The lowest BCUT2D eigenvalue weighted by molar-refractivity contribution is 1.28. The molecule has 0 saturated heterocycles. The summed E-state index contributed by atoms with van der Waals surface area (Å²) in [6.07, 6.45) is 3.92. The number of nitrogens with zero attached hydrogens (tertiary/aromatic N) is 3. The molecule has 0 N–H and O–H groups in total. The van der Waals surface area contributed by atoms with Crippen LogP contribution in [-0.4, -0.2) is 9.97 Å². The van der Waals surface area contributed by atoms with Crippen LogP contribution >= 0.6 is 11.3 Å². The number of para-hydroxylation sites is 2. The second-order valence-electron chi connectivity index (χ2n) is 12.0. The minimum absolute atomic E-state index is 1.01. The third kappa shape index (κ3) is 5.28. The topological polar surface area (TPSA) is 29.0 Å². The molecule has 0 bridgehead atoms. The van der Waals surface area contributed by atoms with Gasteiger partial charge in [-0.3, -0.25) is 9.97 Å². The van der Waals surface area contributed by atoms with Crippen LogP contribution in [-0.2, 0) is 0 Å². The van der Waals surface area contributed by atoms with Crippen molar-refractivity contribution < 1.29 is 0 Å². The van der Waals surface area contributed by atoms with Gasteiger partial charge in [0.05, 0.1) is 11.0 Å². The molecule has 0 radical (unpaired) electrons. The first-order chi connectivity index (χ1) is 23.7. The molecule has 9 rings (SSSR count). The molecule has 0 aliphatic carbocycles. The van der Waals surface area contributed by atoms with E-state index in [0.29, 0.717) is 0 Å². The summed E-state index contributed by atoms with van der Waals surface area (Å²) in [4.78, 5) is 13.0. The maximum absolute atomic E-state index is 4.69. The highest BCUT2D eigenvalue weighted by molar-refractivity contribution is 7.22. The summed E-state index contributed by atoms with van der Waals surface area (Å²) in [7, 11) is 0. The van der Waals surface area contributed by atoms with Crippen molar-refractivity contribution in [2.75, 3.05) is 4.90 Å². The molecule has 6 aromatic carbocycles. The van der Waals surface area contributed by atoms with Crippen LogP contribution in [0, 0.1) is 0 Å². The van der Waals surface area contributed by atoms with Crippen molar-refractivity contribution in [1.29, 1.82) is 0 Å². The summed E-state index contributed by atoms with van der Waals surface area (Å²) in [5, 5.41) is 3.56. The molecule has 4 heteroatoms. The molecule has 0 fully saturated rings. The lowest BCUT2D eigenvalue weighted by Crippen LogP contribution is -2.09. The molecule has 0 aliphatic rings. The Kier molecular flexibility index (Phi) is 6.99. The van der Waals surface area contributed by atoms with E-state index >= 15 is 0 Å². The first-order valence-electron chi connectivity index (χ1n) is 16.0. The molecule has 48 heavy (non-hydrogen) atoms. The summed E-state index contributed by atoms with van der Waals surface area (Å²) < 4.78 is 1.31. The quantitative estimate of drug-likeness (QED) is 0.183. The Morgan fingerprint density at radius 2 is 0.812 bits per heavy atom. The molecule has 226 valence electrons. The number of thiophene rings is 1. The van der Waals surface area contributed by atoms with E-state index < -0.39 is 0 Å². The zero-order chi connectivity index (χ0) is 31.9. The predicted molar refractivity (Wildman–Crippen MR) is 203 cm³/mol. The van der Waals surface area contributed by atoms with Crippen LogP contribution in [0.3, 0.4) is 0 Å². The van der Waals surface area contributed by atoms with Crippen molar-refractivity contribution in [3.05, 3.63) is 176 Å². The number of rotatable bonds is 6. The lowest BCUT2D eigenvalue weighted by atomic mass is 10.0. The van der Waals surface area contributed by atoms with Gasteiger partial charge in [-0.15, -0.1) is 11.3 Å². The second-order valence-corrected chi connectivity index (χ2v) is 13.0. The van der Waals surface area contributed by atoms with Gasteiger partial charge in [0.2, 0.25) is 0 Å². The minimum atomic E-state index is 1.01. The molecule has 3 heterocycles. The Morgan fingerprint density at radius 3 is 1.31 bits per heavy atom. The Balaban J connectivity index is 1.09. The SMILES string of the molecule is c1ccc2ncc(-c3ccc(N(c4ccc(-c5cnc6ccccc6c5)cc4)c4ccc(-c5cc6ccccc6s5)cc4)cc3)cc2c1. The highest BCUT2D eigenvalue weighted by Crippen LogP contribution is 2.39. The molecule has 3 nitrogen and oxygen atoms in total. The van der Waals surface area contributed by atoms with Gasteiger partial charge in [0.15, 0.2) is 0 Å². The van der Waals surface area contributed by atoms with Crippen molar-refractivity contribution in [1.82, 2.24) is 9.97 Å². The van der Waals surface area contributed by atoms with Gasteiger partial charge in [-0.2, -0.15) is 0 Å². The van der Waals surface area contributed by atoms with E-state index in [1.165, 1.54) is 20.5 Å². The number of hydrogen-bond acceptors (Lipinski definition) is 4. The van der Waals surface area contributed by atoms with E-state index in [1.807, 2.05) is 48.0 Å². The van der Waals surface area contributed by atoms with Crippen LogP contribution in [0.5, 0.6) is 0 Å². The number of hydrogen-bond donors (Lipinski definition) is 0. The van der Waals surface area contributed by atoms with Gasteiger partial charge in [0, 0.05) is 60.9 Å². The molecule has 9 aromatic rings. The monoisotopic (exact) mass is 631 g/mol. The Bertz CT molecular complexity index is 2390. The average molecular weight is 632 g/mol. The highest BCUT2D eigenvalue weighted by Gasteiger charge is 2.15. The normalized spacial score (nSPS) is 11.3. The standard InChI is InChI=1S/C44H29N3S/c1-4-10-41-33(7-1)25-36(28-45-41)30-13-19-38(20-14-30)47(40-23-17-32(18-24-40)44-27-35-9-3-6-12-43(35)48-44)39-21-15-31(16-22-39)37-26-34-8-2-5-11-42(34)46-29-37/h1-29H. The second kappa shape index (κ2) is 11.9. The Labute approximate surface area is 283 Å². The number of benzene rings is 6. The predicted octanol–water partition coefficient (Wildman–Crippen LogP) is 12.5. The van der Waals surface area contributed by atoms with Gasteiger partial charge in [-0.25, -0.2) is 0 Å².